The molecule has 1 aromatic carbocycles. The topological polar surface area (TPSA) is 95.3 Å². The minimum absolute atomic E-state index is 0.185. The van der Waals surface area contributed by atoms with E-state index < -0.39 is 18.5 Å². The minimum atomic E-state index is -0.695. The van der Waals surface area contributed by atoms with Crippen LogP contribution in [0.2, 0.25) is 0 Å². The lowest BCUT2D eigenvalue weighted by atomic mass is 10.2. The summed E-state index contributed by atoms with van der Waals surface area (Å²) in [6.07, 6.45) is 1.69. The monoisotopic (exact) mass is 396 g/mol. The van der Waals surface area contributed by atoms with Crippen LogP contribution >= 0.6 is 0 Å². The van der Waals surface area contributed by atoms with E-state index in [0.29, 0.717) is 28.4 Å². The highest BCUT2D eigenvalue weighted by Gasteiger charge is 2.19. The van der Waals surface area contributed by atoms with Crippen molar-refractivity contribution in [2.24, 2.45) is 0 Å². The number of amides is 1. The number of benzene rings is 1. The second kappa shape index (κ2) is 8.47. The quantitative estimate of drug-likeness (QED) is 0.487. The van der Waals surface area contributed by atoms with Gasteiger partial charge in [-0.3, -0.25) is 9.59 Å². The number of aromatic nitrogens is 1. The lowest BCUT2D eigenvalue weighted by Gasteiger charge is -2.10. The van der Waals surface area contributed by atoms with Gasteiger partial charge in [0.15, 0.2) is 12.4 Å². The van der Waals surface area contributed by atoms with Gasteiger partial charge in [0, 0.05) is 37.0 Å². The summed E-state index contributed by atoms with van der Waals surface area (Å²) < 4.78 is 17.1. The molecular weight excluding hydrogens is 376 g/mol. The molecule has 0 bridgehead atoms. The molecule has 29 heavy (non-hydrogen) atoms. The maximum absolute atomic E-state index is 12.5. The van der Waals surface area contributed by atoms with Crippen LogP contribution in [-0.4, -0.2) is 42.9 Å². The zero-order valence-corrected chi connectivity index (χ0v) is 16.2. The van der Waals surface area contributed by atoms with Gasteiger partial charge in [-0.25, -0.2) is 4.79 Å². The third kappa shape index (κ3) is 4.37. The molecule has 0 aliphatic heterocycles. The van der Waals surface area contributed by atoms with Crippen molar-refractivity contribution >= 4 is 28.9 Å². The van der Waals surface area contributed by atoms with Crippen molar-refractivity contribution in [1.82, 2.24) is 4.40 Å². The smallest absolute Gasteiger partial charge is 0.340 e. The van der Waals surface area contributed by atoms with E-state index in [9.17, 15) is 14.4 Å². The predicted octanol–water partition coefficient (Wildman–Crippen LogP) is 2.95. The summed E-state index contributed by atoms with van der Waals surface area (Å²) in [6.45, 7) is 0.928. The van der Waals surface area contributed by atoms with Crippen molar-refractivity contribution in [3.05, 3.63) is 59.9 Å². The van der Waals surface area contributed by atoms with Gasteiger partial charge in [-0.05, 0) is 18.2 Å². The number of fused-ring (bicyclic) bond motifs is 1. The van der Waals surface area contributed by atoms with Gasteiger partial charge in [-0.2, -0.15) is 0 Å². The number of esters is 1. The number of carbonyl (C=O) groups excluding carboxylic acids is 3. The maximum Gasteiger partial charge on any atom is 0.340 e. The van der Waals surface area contributed by atoms with Crippen LogP contribution in [0.25, 0.3) is 5.52 Å². The van der Waals surface area contributed by atoms with E-state index in [1.54, 1.807) is 47.0 Å². The zero-order chi connectivity index (χ0) is 21.0. The van der Waals surface area contributed by atoms with Crippen LogP contribution in [0.4, 0.5) is 5.69 Å². The molecule has 1 amide bonds. The molecule has 0 unspecified atom stereocenters. The van der Waals surface area contributed by atoms with Crippen LogP contribution in [-0.2, 0) is 9.53 Å². The average molecular weight is 396 g/mol. The molecule has 0 fully saturated rings. The van der Waals surface area contributed by atoms with E-state index in [4.69, 9.17) is 14.2 Å². The molecule has 0 saturated carbocycles. The van der Waals surface area contributed by atoms with E-state index in [1.165, 1.54) is 27.2 Å². The Balaban J connectivity index is 1.71. The van der Waals surface area contributed by atoms with Crippen molar-refractivity contribution < 1.29 is 28.6 Å². The minimum Gasteiger partial charge on any atom is -0.497 e. The first kappa shape index (κ1) is 19.9. The number of nitrogens with zero attached hydrogens (tertiary/aromatic N) is 1. The number of hydrogen-bond acceptors (Lipinski definition) is 6. The van der Waals surface area contributed by atoms with Crippen LogP contribution in [0.15, 0.2) is 48.7 Å². The Bertz CT molecular complexity index is 1060. The van der Waals surface area contributed by atoms with E-state index in [2.05, 4.69) is 5.32 Å². The zero-order valence-electron chi connectivity index (χ0n) is 16.2. The number of ketones is 1. The Labute approximate surface area is 167 Å². The molecule has 0 radical (unpaired) electrons. The number of rotatable bonds is 7. The highest BCUT2D eigenvalue weighted by atomic mass is 16.5. The fraction of sp³-hybridized carbons (Fsp3) is 0.190. The fourth-order valence-electron chi connectivity index (χ4n) is 2.87. The van der Waals surface area contributed by atoms with Crippen molar-refractivity contribution in [1.29, 1.82) is 0 Å². The molecular formula is C21H20N2O6. The molecule has 0 saturated heterocycles. The normalized spacial score (nSPS) is 10.4. The van der Waals surface area contributed by atoms with E-state index in [0.717, 1.165) is 0 Å². The Hall–Kier alpha value is -3.81. The average Bonchev–Trinajstić information content (AvgIpc) is 3.11. The molecule has 2 heterocycles. The van der Waals surface area contributed by atoms with Crippen LogP contribution < -0.4 is 14.8 Å². The Morgan fingerprint density at radius 1 is 1.00 bits per heavy atom. The number of methoxy groups -OCH3 is 2. The summed E-state index contributed by atoms with van der Waals surface area (Å²) in [5.41, 5.74) is 1.54. The van der Waals surface area contributed by atoms with Crippen LogP contribution in [0.1, 0.15) is 27.8 Å². The molecule has 0 atom stereocenters. The lowest BCUT2D eigenvalue weighted by molar-refractivity contribution is -0.119. The lowest BCUT2D eigenvalue weighted by Crippen LogP contribution is -2.21. The number of ether oxygens (including phenoxy) is 3. The summed E-state index contributed by atoms with van der Waals surface area (Å²) in [4.78, 5) is 36.5. The van der Waals surface area contributed by atoms with Gasteiger partial charge in [0.2, 0.25) is 0 Å². The summed E-state index contributed by atoms with van der Waals surface area (Å²) in [6, 6.07) is 11.6. The molecule has 2 aromatic heterocycles. The molecule has 1 N–H and O–H groups in total. The third-order valence-corrected chi connectivity index (χ3v) is 4.23. The second-order valence-electron chi connectivity index (χ2n) is 6.18. The number of anilines is 1. The molecule has 0 aliphatic rings. The van der Waals surface area contributed by atoms with Gasteiger partial charge < -0.3 is 23.9 Å². The standard InChI is InChI=1S/C21H20N2O6/c1-13(24)19-11-17(18-6-4-5-7-23(18)19)21(26)29-12-20(25)22-14-8-15(27-2)10-16(9-14)28-3/h4-11H,12H2,1-3H3,(H,22,25). The molecule has 3 rings (SSSR count). The van der Waals surface area contributed by atoms with Gasteiger partial charge >= 0.3 is 5.97 Å². The van der Waals surface area contributed by atoms with Gasteiger partial charge in [0.25, 0.3) is 5.91 Å². The molecule has 0 spiro atoms. The maximum atomic E-state index is 12.5. The largest absolute Gasteiger partial charge is 0.497 e. The van der Waals surface area contributed by atoms with Gasteiger partial charge in [-0.15, -0.1) is 0 Å². The number of hydrogen-bond donors (Lipinski definition) is 1. The van der Waals surface area contributed by atoms with Crippen LogP contribution in [0.5, 0.6) is 11.5 Å². The molecule has 150 valence electrons. The molecule has 0 aliphatic carbocycles. The van der Waals surface area contributed by atoms with Gasteiger partial charge in [0.1, 0.15) is 11.5 Å². The number of Topliss-reactive ketones (excluding diaryl/α,β-unsaturated/α-hetero) is 1. The first-order valence-corrected chi connectivity index (χ1v) is 8.74. The van der Waals surface area contributed by atoms with Gasteiger partial charge in [0.05, 0.1) is 31.0 Å². The van der Waals surface area contributed by atoms with E-state index in [1.807, 2.05) is 0 Å². The number of nitrogens with one attached hydrogen (secondary N) is 1. The van der Waals surface area contributed by atoms with Crippen LogP contribution in [0.3, 0.4) is 0 Å². The summed E-state index contributed by atoms with van der Waals surface area (Å²) in [5, 5.41) is 2.62. The molecule has 3 aromatic rings. The van der Waals surface area contributed by atoms with E-state index >= 15 is 0 Å². The fourth-order valence-corrected chi connectivity index (χ4v) is 2.87. The van der Waals surface area contributed by atoms with Gasteiger partial charge in [-0.1, -0.05) is 6.07 Å². The summed E-state index contributed by atoms with van der Waals surface area (Å²) in [7, 11) is 3.00. The SMILES string of the molecule is COc1cc(NC(=O)COC(=O)c2cc(C(C)=O)n3ccccc23)cc(OC)c1. The van der Waals surface area contributed by atoms with Crippen molar-refractivity contribution in [3.8, 4) is 11.5 Å². The second-order valence-corrected chi connectivity index (χ2v) is 6.18. The molecule has 8 heteroatoms. The number of carbonyl (C=O) groups is 3. The first-order chi connectivity index (χ1) is 13.9. The Morgan fingerprint density at radius 2 is 1.69 bits per heavy atom. The van der Waals surface area contributed by atoms with Crippen molar-refractivity contribution in [2.75, 3.05) is 26.1 Å². The highest BCUT2D eigenvalue weighted by molar-refractivity contribution is 6.04. The first-order valence-electron chi connectivity index (χ1n) is 8.74. The Kier molecular flexibility index (Phi) is 5.82. The Morgan fingerprint density at radius 3 is 2.31 bits per heavy atom. The predicted molar refractivity (Wildman–Crippen MR) is 106 cm³/mol. The van der Waals surface area contributed by atoms with Crippen LogP contribution in [0, 0.1) is 0 Å². The van der Waals surface area contributed by atoms with E-state index in [-0.39, 0.29) is 11.3 Å². The van der Waals surface area contributed by atoms with Crippen molar-refractivity contribution in [2.45, 2.75) is 6.92 Å². The molecule has 8 nitrogen and oxygen atoms in total. The summed E-state index contributed by atoms with van der Waals surface area (Å²) in [5.74, 6) is -0.388. The third-order valence-electron chi connectivity index (χ3n) is 4.23. The number of pyridine rings is 1. The highest BCUT2D eigenvalue weighted by Crippen LogP contribution is 2.25. The summed E-state index contributed by atoms with van der Waals surface area (Å²) >= 11 is 0. The van der Waals surface area contributed by atoms with Crippen molar-refractivity contribution in [3.63, 3.8) is 0 Å².